The van der Waals surface area contributed by atoms with Crippen molar-refractivity contribution in [2.45, 2.75) is 12.8 Å². The number of aromatic nitrogens is 3. The van der Waals surface area contributed by atoms with E-state index in [0.29, 0.717) is 0 Å². The lowest BCUT2D eigenvalue weighted by Gasteiger charge is -2.07. The highest BCUT2D eigenvalue weighted by molar-refractivity contribution is 5.39. The van der Waals surface area contributed by atoms with E-state index >= 15 is 0 Å². The van der Waals surface area contributed by atoms with Crippen LogP contribution < -0.4 is 0 Å². The minimum absolute atomic E-state index is 0.214. The van der Waals surface area contributed by atoms with Gasteiger partial charge in [-0.2, -0.15) is 5.10 Å². The number of para-hydroxylation sites is 1. The minimum atomic E-state index is 0.214. The van der Waals surface area contributed by atoms with Crippen molar-refractivity contribution in [2.24, 2.45) is 0 Å². The van der Waals surface area contributed by atoms with Crippen LogP contribution in [0.3, 0.4) is 0 Å². The Labute approximate surface area is 88.2 Å². The highest BCUT2D eigenvalue weighted by atomic mass is 16.2. The summed E-state index contributed by atoms with van der Waals surface area (Å²) in [5.74, 6) is 0. The van der Waals surface area contributed by atoms with Gasteiger partial charge in [-0.05, 0) is 24.5 Å². The van der Waals surface area contributed by atoms with Crippen LogP contribution in [0.25, 0.3) is 5.69 Å². The second-order valence-electron chi connectivity index (χ2n) is 3.30. The zero-order chi connectivity index (χ0) is 10.5. The zero-order valence-corrected chi connectivity index (χ0v) is 8.37. The predicted octanol–water partition coefficient (Wildman–Crippen LogP) is 1.19. The third-order valence-electron chi connectivity index (χ3n) is 2.26. The molecule has 4 nitrogen and oxygen atoms in total. The molecule has 0 unspecified atom stereocenters. The van der Waals surface area contributed by atoms with E-state index in [1.54, 1.807) is 11.0 Å². The topological polar surface area (TPSA) is 50.9 Å². The summed E-state index contributed by atoms with van der Waals surface area (Å²) in [4.78, 5) is 3.92. The molecule has 0 radical (unpaired) electrons. The Kier molecular flexibility index (Phi) is 3.09. The van der Waals surface area contributed by atoms with Gasteiger partial charge in [-0.15, -0.1) is 0 Å². The third kappa shape index (κ3) is 2.22. The van der Waals surface area contributed by atoms with Crippen molar-refractivity contribution in [1.29, 1.82) is 0 Å². The number of benzene rings is 1. The molecule has 0 aliphatic heterocycles. The Morgan fingerprint density at radius 1 is 1.27 bits per heavy atom. The van der Waals surface area contributed by atoms with Crippen LogP contribution in [0.15, 0.2) is 36.9 Å². The van der Waals surface area contributed by atoms with Gasteiger partial charge in [0.05, 0.1) is 5.69 Å². The maximum atomic E-state index is 8.81. The van der Waals surface area contributed by atoms with E-state index in [-0.39, 0.29) is 6.61 Å². The van der Waals surface area contributed by atoms with Gasteiger partial charge in [0, 0.05) is 6.61 Å². The first-order valence-electron chi connectivity index (χ1n) is 4.95. The van der Waals surface area contributed by atoms with Gasteiger partial charge in [0.15, 0.2) is 0 Å². The Hall–Kier alpha value is -1.68. The van der Waals surface area contributed by atoms with Gasteiger partial charge < -0.3 is 5.11 Å². The Bertz CT molecular complexity index is 412. The lowest BCUT2D eigenvalue weighted by molar-refractivity contribution is 0.288. The molecule has 1 aromatic heterocycles. The number of aliphatic hydroxyl groups is 1. The van der Waals surface area contributed by atoms with Crippen molar-refractivity contribution in [3.8, 4) is 5.69 Å². The minimum Gasteiger partial charge on any atom is -0.396 e. The average Bonchev–Trinajstić information content (AvgIpc) is 2.80. The molecule has 78 valence electrons. The van der Waals surface area contributed by atoms with Crippen LogP contribution in [-0.2, 0) is 6.42 Å². The van der Waals surface area contributed by atoms with E-state index in [1.807, 2.05) is 24.3 Å². The summed E-state index contributed by atoms with van der Waals surface area (Å²) in [6.45, 7) is 0.214. The van der Waals surface area contributed by atoms with Crippen molar-refractivity contribution < 1.29 is 5.11 Å². The van der Waals surface area contributed by atoms with Crippen molar-refractivity contribution in [3.63, 3.8) is 0 Å². The number of aliphatic hydroxyl groups excluding tert-OH is 1. The van der Waals surface area contributed by atoms with Gasteiger partial charge in [0.25, 0.3) is 0 Å². The first kappa shape index (κ1) is 9.86. The van der Waals surface area contributed by atoms with Crippen molar-refractivity contribution in [2.75, 3.05) is 6.61 Å². The second kappa shape index (κ2) is 4.70. The molecule has 0 saturated heterocycles. The zero-order valence-electron chi connectivity index (χ0n) is 8.37. The highest BCUT2D eigenvalue weighted by Crippen LogP contribution is 2.14. The molecular formula is C11H13N3O. The molecule has 15 heavy (non-hydrogen) atoms. The SMILES string of the molecule is OCCCc1ccccc1-n1cncn1. The number of hydrogen-bond donors (Lipinski definition) is 1. The molecule has 0 aliphatic rings. The van der Waals surface area contributed by atoms with Gasteiger partial charge in [-0.3, -0.25) is 0 Å². The molecule has 0 amide bonds. The molecule has 1 N–H and O–H groups in total. The molecule has 0 spiro atoms. The number of hydrogen-bond acceptors (Lipinski definition) is 3. The summed E-state index contributed by atoms with van der Waals surface area (Å²) in [7, 11) is 0. The van der Waals surface area contributed by atoms with Crippen LogP contribution in [0.5, 0.6) is 0 Å². The average molecular weight is 203 g/mol. The normalized spacial score (nSPS) is 10.5. The van der Waals surface area contributed by atoms with Gasteiger partial charge >= 0.3 is 0 Å². The van der Waals surface area contributed by atoms with Gasteiger partial charge in [-0.1, -0.05) is 18.2 Å². The van der Waals surface area contributed by atoms with E-state index in [9.17, 15) is 0 Å². The fraction of sp³-hybridized carbons (Fsp3) is 0.273. The van der Waals surface area contributed by atoms with E-state index in [1.165, 1.54) is 11.9 Å². The maximum Gasteiger partial charge on any atom is 0.138 e. The lowest BCUT2D eigenvalue weighted by atomic mass is 10.1. The molecule has 0 saturated carbocycles. The summed E-state index contributed by atoms with van der Waals surface area (Å²) >= 11 is 0. The summed E-state index contributed by atoms with van der Waals surface area (Å²) in [5.41, 5.74) is 2.21. The number of nitrogens with zero attached hydrogens (tertiary/aromatic N) is 3. The molecule has 0 aliphatic carbocycles. The molecule has 0 atom stereocenters. The Morgan fingerprint density at radius 2 is 2.13 bits per heavy atom. The number of rotatable bonds is 4. The van der Waals surface area contributed by atoms with Crippen molar-refractivity contribution in [1.82, 2.24) is 14.8 Å². The molecule has 1 aromatic carbocycles. The highest BCUT2D eigenvalue weighted by Gasteiger charge is 2.03. The molecule has 4 heteroatoms. The smallest absolute Gasteiger partial charge is 0.138 e. The summed E-state index contributed by atoms with van der Waals surface area (Å²) in [6.07, 6.45) is 4.82. The summed E-state index contributed by atoms with van der Waals surface area (Å²) < 4.78 is 1.74. The van der Waals surface area contributed by atoms with Crippen molar-refractivity contribution in [3.05, 3.63) is 42.5 Å². The second-order valence-corrected chi connectivity index (χ2v) is 3.30. The van der Waals surface area contributed by atoms with Crippen LogP contribution in [0.2, 0.25) is 0 Å². The first-order chi connectivity index (χ1) is 7.42. The van der Waals surface area contributed by atoms with Gasteiger partial charge in [0.2, 0.25) is 0 Å². The summed E-state index contributed by atoms with van der Waals surface area (Å²) in [5, 5.41) is 12.9. The van der Waals surface area contributed by atoms with Gasteiger partial charge in [-0.25, -0.2) is 9.67 Å². The maximum absolute atomic E-state index is 8.81. The van der Waals surface area contributed by atoms with Crippen LogP contribution in [0.4, 0.5) is 0 Å². The quantitative estimate of drug-likeness (QED) is 0.812. The fourth-order valence-corrected chi connectivity index (χ4v) is 1.55. The molecule has 1 heterocycles. The molecule has 2 aromatic rings. The van der Waals surface area contributed by atoms with Crippen LogP contribution in [0, 0.1) is 0 Å². The Balaban J connectivity index is 2.30. The Morgan fingerprint density at radius 3 is 2.87 bits per heavy atom. The van der Waals surface area contributed by atoms with Crippen molar-refractivity contribution >= 4 is 0 Å². The monoisotopic (exact) mass is 203 g/mol. The first-order valence-corrected chi connectivity index (χ1v) is 4.95. The van der Waals surface area contributed by atoms with E-state index in [4.69, 9.17) is 5.11 Å². The standard InChI is InChI=1S/C11H13N3O/c15-7-3-5-10-4-1-2-6-11(10)14-9-12-8-13-14/h1-2,4,6,8-9,15H,3,5,7H2. The molecule has 2 rings (SSSR count). The van der Waals surface area contributed by atoms with E-state index in [2.05, 4.69) is 10.1 Å². The van der Waals surface area contributed by atoms with Crippen LogP contribution in [-0.4, -0.2) is 26.5 Å². The lowest BCUT2D eigenvalue weighted by Crippen LogP contribution is -2.00. The molecular weight excluding hydrogens is 190 g/mol. The molecule has 0 fully saturated rings. The van der Waals surface area contributed by atoms with Crippen LogP contribution in [0.1, 0.15) is 12.0 Å². The van der Waals surface area contributed by atoms with Gasteiger partial charge in [0.1, 0.15) is 12.7 Å². The third-order valence-corrected chi connectivity index (χ3v) is 2.26. The number of aryl methyl sites for hydroxylation is 1. The molecule has 0 bridgehead atoms. The fourth-order valence-electron chi connectivity index (χ4n) is 1.55. The summed E-state index contributed by atoms with van der Waals surface area (Å²) in [6, 6.07) is 8.01. The van der Waals surface area contributed by atoms with E-state index in [0.717, 1.165) is 18.5 Å². The predicted molar refractivity (Wildman–Crippen MR) is 56.8 cm³/mol. The van der Waals surface area contributed by atoms with E-state index < -0.39 is 0 Å². The van der Waals surface area contributed by atoms with Crippen LogP contribution >= 0.6 is 0 Å². The largest absolute Gasteiger partial charge is 0.396 e.